The van der Waals surface area contributed by atoms with Crippen LogP contribution in [0.3, 0.4) is 0 Å². The van der Waals surface area contributed by atoms with Crippen molar-refractivity contribution in [3.05, 3.63) is 23.8 Å². The van der Waals surface area contributed by atoms with E-state index < -0.39 is 10.0 Å². The summed E-state index contributed by atoms with van der Waals surface area (Å²) in [6, 6.07) is 4.66. The van der Waals surface area contributed by atoms with Gasteiger partial charge in [0.2, 0.25) is 10.0 Å². The molecular formula is C15H23NO4S. The Morgan fingerprint density at radius 2 is 2.10 bits per heavy atom. The molecule has 0 aliphatic carbocycles. The fraction of sp³-hybridized carbons (Fsp3) is 0.600. The molecule has 0 bridgehead atoms. The van der Waals surface area contributed by atoms with E-state index in [-0.39, 0.29) is 17.5 Å². The second-order valence-corrected chi connectivity index (χ2v) is 7.34. The third kappa shape index (κ3) is 3.39. The van der Waals surface area contributed by atoms with E-state index >= 15 is 0 Å². The van der Waals surface area contributed by atoms with Crippen LogP contribution < -0.4 is 4.74 Å². The minimum atomic E-state index is -3.53. The van der Waals surface area contributed by atoms with Crippen LogP contribution in [0.15, 0.2) is 23.1 Å². The number of nitrogens with zero attached hydrogens (tertiary/aromatic N) is 1. The first-order valence-corrected chi connectivity index (χ1v) is 8.74. The highest BCUT2D eigenvalue weighted by atomic mass is 32.2. The second kappa shape index (κ2) is 6.77. The SMILES string of the molecule is COc1ccc(S(=O)(=O)N2CCCCCC2C)cc1CO. The topological polar surface area (TPSA) is 66.8 Å². The number of rotatable bonds is 4. The second-order valence-electron chi connectivity index (χ2n) is 5.45. The highest BCUT2D eigenvalue weighted by molar-refractivity contribution is 7.89. The van der Waals surface area contributed by atoms with Gasteiger partial charge in [-0.1, -0.05) is 12.8 Å². The number of hydrogen-bond donors (Lipinski definition) is 1. The molecule has 1 heterocycles. The number of ether oxygens (including phenoxy) is 1. The standard InChI is InChI=1S/C15H23NO4S/c1-12-6-4-3-5-9-16(12)21(18,19)14-7-8-15(20-2)13(10-14)11-17/h7-8,10,12,17H,3-6,9,11H2,1-2H3. The molecule has 1 aliphatic heterocycles. The molecule has 1 saturated heterocycles. The molecule has 1 atom stereocenters. The zero-order valence-corrected chi connectivity index (χ0v) is 13.4. The summed E-state index contributed by atoms with van der Waals surface area (Å²) in [6.07, 6.45) is 3.92. The zero-order valence-electron chi connectivity index (χ0n) is 12.6. The Hall–Kier alpha value is -1.11. The van der Waals surface area contributed by atoms with Crippen molar-refractivity contribution in [2.75, 3.05) is 13.7 Å². The maximum atomic E-state index is 12.8. The Kier molecular flexibility index (Phi) is 5.24. The average molecular weight is 313 g/mol. The lowest BCUT2D eigenvalue weighted by Crippen LogP contribution is -2.38. The minimum absolute atomic E-state index is 0.0113. The number of sulfonamides is 1. The summed E-state index contributed by atoms with van der Waals surface area (Å²) in [5.41, 5.74) is 0.487. The maximum absolute atomic E-state index is 12.8. The van der Waals surface area contributed by atoms with Crippen molar-refractivity contribution in [2.45, 2.75) is 50.2 Å². The molecule has 1 aromatic carbocycles. The summed E-state index contributed by atoms with van der Waals surface area (Å²) in [5.74, 6) is 0.500. The molecule has 1 N–H and O–H groups in total. The van der Waals surface area contributed by atoms with Crippen molar-refractivity contribution in [1.82, 2.24) is 4.31 Å². The summed E-state index contributed by atoms with van der Waals surface area (Å²) >= 11 is 0. The summed E-state index contributed by atoms with van der Waals surface area (Å²) in [5, 5.41) is 9.36. The molecule has 0 radical (unpaired) electrons. The van der Waals surface area contributed by atoms with Crippen molar-refractivity contribution in [3.63, 3.8) is 0 Å². The van der Waals surface area contributed by atoms with Crippen LogP contribution in [-0.4, -0.2) is 37.5 Å². The predicted octanol–water partition coefficient (Wildman–Crippen LogP) is 2.14. The molecule has 1 aromatic rings. The molecule has 1 aliphatic rings. The molecule has 0 saturated carbocycles. The smallest absolute Gasteiger partial charge is 0.243 e. The third-order valence-electron chi connectivity index (χ3n) is 4.02. The van der Waals surface area contributed by atoms with Gasteiger partial charge in [-0.05, 0) is 38.0 Å². The lowest BCUT2D eigenvalue weighted by atomic mass is 10.1. The molecule has 0 spiro atoms. The van der Waals surface area contributed by atoms with E-state index in [2.05, 4.69) is 0 Å². The molecule has 1 unspecified atom stereocenters. The summed E-state index contributed by atoms with van der Waals surface area (Å²) < 4.78 is 32.4. The van der Waals surface area contributed by atoms with Gasteiger partial charge >= 0.3 is 0 Å². The number of benzene rings is 1. The monoisotopic (exact) mass is 313 g/mol. The van der Waals surface area contributed by atoms with E-state index in [4.69, 9.17) is 4.74 Å². The summed E-state index contributed by atoms with van der Waals surface area (Å²) in [4.78, 5) is 0.223. The first kappa shape index (κ1) is 16.3. The number of methoxy groups -OCH3 is 1. The summed E-state index contributed by atoms with van der Waals surface area (Å²) in [7, 11) is -2.03. The molecule has 0 amide bonds. The molecule has 0 aromatic heterocycles. The highest BCUT2D eigenvalue weighted by Crippen LogP contribution is 2.28. The molecule has 2 rings (SSSR count). The average Bonchev–Trinajstić information content (AvgIpc) is 2.71. The van der Waals surface area contributed by atoms with E-state index in [1.54, 1.807) is 16.4 Å². The normalized spacial score (nSPS) is 21.0. The number of aliphatic hydroxyl groups excluding tert-OH is 1. The minimum Gasteiger partial charge on any atom is -0.496 e. The van der Waals surface area contributed by atoms with Gasteiger partial charge in [-0.25, -0.2) is 8.42 Å². The van der Waals surface area contributed by atoms with Crippen molar-refractivity contribution >= 4 is 10.0 Å². The van der Waals surface area contributed by atoms with Gasteiger partial charge in [0.1, 0.15) is 5.75 Å². The van der Waals surface area contributed by atoms with Gasteiger partial charge in [0.25, 0.3) is 0 Å². The molecule has 1 fully saturated rings. The highest BCUT2D eigenvalue weighted by Gasteiger charge is 2.30. The van der Waals surface area contributed by atoms with Crippen molar-refractivity contribution in [2.24, 2.45) is 0 Å². The quantitative estimate of drug-likeness (QED) is 0.925. The van der Waals surface area contributed by atoms with E-state index in [0.717, 1.165) is 25.7 Å². The molecular weight excluding hydrogens is 290 g/mol. The first-order valence-electron chi connectivity index (χ1n) is 7.30. The Morgan fingerprint density at radius 3 is 2.76 bits per heavy atom. The fourth-order valence-corrected chi connectivity index (χ4v) is 4.53. The molecule has 6 heteroatoms. The van der Waals surface area contributed by atoms with Gasteiger partial charge in [0.15, 0.2) is 0 Å². The zero-order chi connectivity index (χ0) is 15.5. The van der Waals surface area contributed by atoms with Crippen molar-refractivity contribution in [3.8, 4) is 5.75 Å². The van der Waals surface area contributed by atoms with Crippen molar-refractivity contribution < 1.29 is 18.3 Å². The first-order chi connectivity index (χ1) is 10.0. The van der Waals surface area contributed by atoms with Crippen LogP contribution in [0, 0.1) is 0 Å². The van der Waals surface area contributed by atoms with E-state index in [0.29, 0.717) is 17.9 Å². The van der Waals surface area contributed by atoms with Crippen molar-refractivity contribution in [1.29, 1.82) is 0 Å². The lowest BCUT2D eigenvalue weighted by molar-refractivity contribution is 0.273. The largest absolute Gasteiger partial charge is 0.496 e. The molecule has 5 nitrogen and oxygen atoms in total. The predicted molar refractivity (Wildman–Crippen MR) is 80.7 cm³/mol. The van der Waals surface area contributed by atoms with E-state index in [9.17, 15) is 13.5 Å². The lowest BCUT2D eigenvalue weighted by Gasteiger charge is -2.26. The Labute approximate surface area is 126 Å². The fourth-order valence-electron chi connectivity index (χ4n) is 2.78. The van der Waals surface area contributed by atoms with Gasteiger partial charge in [-0.2, -0.15) is 4.31 Å². The van der Waals surface area contributed by atoms with E-state index in [1.807, 2.05) is 6.92 Å². The van der Waals surface area contributed by atoms with Crippen LogP contribution in [0.5, 0.6) is 5.75 Å². The third-order valence-corrected chi connectivity index (χ3v) is 6.03. The van der Waals surface area contributed by atoms with Crippen LogP contribution in [0.4, 0.5) is 0 Å². The van der Waals surface area contributed by atoms with Gasteiger partial charge in [0.05, 0.1) is 18.6 Å². The van der Waals surface area contributed by atoms with Gasteiger partial charge in [0, 0.05) is 18.2 Å². The van der Waals surface area contributed by atoms with Crippen LogP contribution >= 0.6 is 0 Å². The number of hydrogen-bond acceptors (Lipinski definition) is 4. The Morgan fingerprint density at radius 1 is 1.33 bits per heavy atom. The van der Waals surface area contributed by atoms with Gasteiger partial charge in [-0.3, -0.25) is 0 Å². The van der Waals surface area contributed by atoms with E-state index in [1.165, 1.54) is 13.2 Å². The van der Waals surface area contributed by atoms with Crippen LogP contribution in [0.1, 0.15) is 38.2 Å². The van der Waals surface area contributed by atoms with Gasteiger partial charge < -0.3 is 9.84 Å². The Bertz CT molecular complexity index is 585. The molecule has 21 heavy (non-hydrogen) atoms. The Balaban J connectivity index is 2.38. The van der Waals surface area contributed by atoms with Gasteiger partial charge in [-0.15, -0.1) is 0 Å². The van der Waals surface area contributed by atoms with Crippen LogP contribution in [0.2, 0.25) is 0 Å². The maximum Gasteiger partial charge on any atom is 0.243 e. The summed E-state index contributed by atoms with van der Waals surface area (Å²) in [6.45, 7) is 2.27. The molecule has 118 valence electrons. The number of aliphatic hydroxyl groups is 1. The van der Waals surface area contributed by atoms with Crippen LogP contribution in [-0.2, 0) is 16.6 Å². The van der Waals surface area contributed by atoms with Crippen LogP contribution in [0.25, 0.3) is 0 Å².